The fraction of sp³-hybridized carbons (Fsp3) is 1.00. The van der Waals surface area contributed by atoms with E-state index in [1.165, 1.54) is 19.4 Å². The van der Waals surface area contributed by atoms with Crippen molar-refractivity contribution in [1.82, 2.24) is 5.32 Å². The lowest BCUT2D eigenvalue weighted by Crippen LogP contribution is -2.31. The number of hydrogen-bond donors (Lipinski definition) is 1. The molecule has 0 aromatic rings. The number of rotatable bonds is 6. The Kier molecular flexibility index (Phi) is 6.45. The molecule has 74 valence electrons. The molecule has 0 aromatic carbocycles. The molecule has 0 aliphatic carbocycles. The van der Waals surface area contributed by atoms with Gasteiger partial charge < -0.3 is 5.32 Å². The Hall–Kier alpha value is -0.0400. The lowest BCUT2D eigenvalue weighted by molar-refractivity contribution is 0.342. The third-order valence-corrected chi connectivity index (χ3v) is 3.02. The first-order valence-corrected chi connectivity index (χ1v) is 5.35. The maximum atomic E-state index is 3.55. The normalized spacial score (nSPS) is 18.8. The molecule has 3 atom stereocenters. The van der Waals surface area contributed by atoms with Crippen molar-refractivity contribution >= 4 is 0 Å². The van der Waals surface area contributed by atoms with Gasteiger partial charge in [0.1, 0.15) is 0 Å². The molecular formula is C11H25N. The third-order valence-electron chi connectivity index (χ3n) is 3.02. The summed E-state index contributed by atoms with van der Waals surface area (Å²) in [5.74, 6) is 1.66. The second-order valence-corrected chi connectivity index (χ2v) is 4.08. The van der Waals surface area contributed by atoms with E-state index in [9.17, 15) is 0 Å². The standard InChI is InChI=1S/C11H25N/c1-6-9(3)10(4)8-12-11(5)7-2/h9-12H,6-8H2,1-5H3/t9?,10?,11-/m0/s1. The van der Waals surface area contributed by atoms with Crippen LogP contribution in [0.25, 0.3) is 0 Å². The molecule has 0 amide bonds. The van der Waals surface area contributed by atoms with Crippen molar-refractivity contribution in [2.24, 2.45) is 11.8 Å². The topological polar surface area (TPSA) is 12.0 Å². The quantitative estimate of drug-likeness (QED) is 0.647. The predicted molar refractivity (Wildman–Crippen MR) is 56.4 cm³/mol. The molecule has 0 radical (unpaired) electrons. The van der Waals surface area contributed by atoms with Crippen molar-refractivity contribution < 1.29 is 0 Å². The molecule has 0 fully saturated rings. The molecule has 0 spiro atoms. The second kappa shape index (κ2) is 6.47. The summed E-state index contributed by atoms with van der Waals surface area (Å²) < 4.78 is 0. The lowest BCUT2D eigenvalue weighted by atomic mass is 9.93. The van der Waals surface area contributed by atoms with Crippen molar-refractivity contribution in [3.63, 3.8) is 0 Å². The van der Waals surface area contributed by atoms with Gasteiger partial charge in [-0.25, -0.2) is 0 Å². The van der Waals surface area contributed by atoms with E-state index in [4.69, 9.17) is 0 Å². The van der Waals surface area contributed by atoms with Gasteiger partial charge in [0.2, 0.25) is 0 Å². The van der Waals surface area contributed by atoms with Crippen molar-refractivity contribution in [1.29, 1.82) is 0 Å². The minimum atomic E-state index is 0.677. The van der Waals surface area contributed by atoms with Crippen LogP contribution >= 0.6 is 0 Å². The maximum Gasteiger partial charge on any atom is 0.00362 e. The van der Waals surface area contributed by atoms with Crippen LogP contribution in [0.3, 0.4) is 0 Å². The lowest BCUT2D eigenvalue weighted by Gasteiger charge is -2.21. The van der Waals surface area contributed by atoms with E-state index >= 15 is 0 Å². The third kappa shape index (κ3) is 4.76. The maximum absolute atomic E-state index is 3.55. The molecule has 0 bridgehead atoms. The average molecular weight is 171 g/mol. The van der Waals surface area contributed by atoms with Gasteiger partial charge in [0.15, 0.2) is 0 Å². The summed E-state index contributed by atoms with van der Waals surface area (Å²) in [5, 5.41) is 3.55. The van der Waals surface area contributed by atoms with Gasteiger partial charge in [-0.2, -0.15) is 0 Å². The van der Waals surface area contributed by atoms with Crippen molar-refractivity contribution in [3.8, 4) is 0 Å². The van der Waals surface area contributed by atoms with Crippen LogP contribution in [-0.4, -0.2) is 12.6 Å². The summed E-state index contributed by atoms with van der Waals surface area (Å²) in [6.45, 7) is 12.6. The number of nitrogens with one attached hydrogen (secondary N) is 1. The monoisotopic (exact) mass is 171 g/mol. The molecule has 12 heavy (non-hydrogen) atoms. The highest BCUT2D eigenvalue weighted by Gasteiger charge is 2.10. The van der Waals surface area contributed by atoms with Gasteiger partial charge in [-0.05, 0) is 31.7 Å². The highest BCUT2D eigenvalue weighted by Crippen LogP contribution is 2.13. The second-order valence-electron chi connectivity index (χ2n) is 4.08. The summed E-state index contributed by atoms with van der Waals surface area (Å²) in [5.41, 5.74) is 0. The van der Waals surface area contributed by atoms with Crippen LogP contribution in [-0.2, 0) is 0 Å². The molecule has 0 aliphatic heterocycles. The number of hydrogen-bond acceptors (Lipinski definition) is 1. The van der Waals surface area contributed by atoms with Gasteiger partial charge in [0, 0.05) is 6.04 Å². The largest absolute Gasteiger partial charge is 0.314 e. The first-order valence-electron chi connectivity index (χ1n) is 5.35. The van der Waals surface area contributed by atoms with Gasteiger partial charge >= 0.3 is 0 Å². The fourth-order valence-corrected chi connectivity index (χ4v) is 1.13. The zero-order valence-corrected chi connectivity index (χ0v) is 9.35. The summed E-state index contributed by atoms with van der Waals surface area (Å²) in [6, 6.07) is 0.677. The molecule has 0 saturated heterocycles. The van der Waals surface area contributed by atoms with Crippen LogP contribution in [0.4, 0.5) is 0 Å². The van der Waals surface area contributed by atoms with Crippen LogP contribution < -0.4 is 5.32 Å². The zero-order valence-electron chi connectivity index (χ0n) is 9.35. The van der Waals surface area contributed by atoms with Crippen LogP contribution in [0.1, 0.15) is 47.5 Å². The Balaban J connectivity index is 3.49. The molecule has 0 saturated carbocycles. The molecule has 1 nitrogen and oxygen atoms in total. The van der Waals surface area contributed by atoms with Gasteiger partial charge in [-0.3, -0.25) is 0 Å². The Morgan fingerprint density at radius 2 is 1.50 bits per heavy atom. The molecule has 0 aliphatic rings. The first kappa shape index (κ1) is 12.0. The van der Waals surface area contributed by atoms with Gasteiger partial charge in [0.05, 0.1) is 0 Å². The van der Waals surface area contributed by atoms with Gasteiger partial charge in [-0.1, -0.05) is 34.1 Å². The van der Waals surface area contributed by atoms with Gasteiger partial charge in [-0.15, -0.1) is 0 Å². The Morgan fingerprint density at radius 3 is 1.92 bits per heavy atom. The van der Waals surface area contributed by atoms with E-state index < -0.39 is 0 Å². The highest BCUT2D eigenvalue weighted by molar-refractivity contribution is 4.66. The Bertz CT molecular complexity index is 101. The first-order chi connectivity index (χ1) is 5.61. The molecule has 0 heterocycles. The van der Waals surface area contributed by atoms with E-state index in [-0.39, 0.29) is 0 Å². The minimum Gasteiger partial charge on any atom is -0.314 e. The molecule has 0 rings (SSSR count). The van der Waals surface area contributed by atoms with Crippen LogP contribution in [0.15, 0.2) is 0 Å². The summed E-state index contributed by atoms with van der Waals surface area (Å²) in [7, 11) is 0. The van der Waals surface area contributed by atoms with Crippen molar-refractivity contribution in [3.05, 3.63) is 0 Å². The van der Waals surface area contributed by atoms with Crippen molar-refractivity contribution in [2.45, 2.75) is 53.5 Å². The van der Waals surface area contributed by atoms with Crippen LogP contribution in [0.2, 0.25) is 0 Å². The average Bonchev–Trinajstić information content (AvgIpc) is 2.11. The summed E-state index contributed by atoms with van der Waals surface area (Å²) >= 11 is 0. The molecule has 2 unspecified atom stereocenters. The predicted octanol–water partition coefficient (Wildman–Crippen LogP) is 3.06. The molecule has 0 aromatic heterocycles. The van der Waals surface area contributed by atoms with Crippen LogP contribution in [0.5, 0.6) is 0 Å². The van der Waals surface area contributed by atoms with Crippen molar-refractivity contribution in [2.75, 3.05) is 6.54 Å². The van der Waals surface area contributed by atoms with Crippen LogP contribution in [0, 0.1) is 11.8 Å². The SMILES string of the molecule is CCC(C)C(C)CN[C@@H](C)CC. The fourth-order valence-electron chi connectivity index (χ4n) is 1.13. The molecule has 1 heteroatoms. The summed E-state index contributed by atoms with van der Waals surface area (Å²) in [4.78, 5) is 0. The zero-order chi connectivity index (χ0) is 9.56. The van der Waals surface area contributed by atoms with E-state index in [0.29, 0.717) is 6.04 Å². The summed E-state index contributed by atoms with van der Waals surface area (Å²) in [6.07, 6.45) is 2.52. The highest BCUT2D eigenvalue weighted by atomic mass is 14.9. The Morgan fingerprint density at radius 1 is 0.917 bits per heavy atom. The molecular weight excluding hydrogens is 146 g/mol. The van der Waals surface area contributed by atoms with E-state index in [2.05, 4.69) is 39.9 Å². The van der Waals surface area contributed by atoms with E-state index in [0.717, 1.165) is 11.8 Å². The van der Waals surface area contributed by atoms with E-state index in [1.807, 2.05) is 0 Å². The van der Waals surface area contributed by atoms with E-state index in [1.54, 1.807) is 0 Å². The Labute approximate surface area is 77.9 Å². The smallest absolute Gasteiger partial charge is 0.00362 e. The van der Waals surface area contributed by atoms with Gasteiger partial charge in [0.25, 0.3) is 0 Å². The molecule has 1 N–H and O–H groups in total. The minimum absolute atomic E-state index is 0.677.